The van der Waals surface area contributed by atoms with Gasteiger partial charge in [0.2, 0.25) is 0 Å². The van der Waals surface area contributed by atoms with E-state index in [1.165, 1.54) is 34.7 Å². The van der Waals surface area contributed by atoms with E-state index in [1.54, 1.807) is 0 Å². The first-order valence-electron chi connectivity index (χ1n) is 4.36. The third kappa shape index (κ3) is 0.672. The molecule has 0 heterocycles. The highest BCUT2D eigenvalue weighted by molar-refractivity contribution is 5.90. The molecule has 0 aromatic heterocycles. The van der Waals surface area contributed by atoms with Crippen molar-refractivity contribution in [3.8, 4) is 0 Å². The molecule has 0 heteroatoms. The van der Waals surface area contributed by atoms with Crippen LogP contribution in [0, 0.1) is 6.07 Å². The quantitative estimate of drug-likeness (QED) is 0.546. The molecule has 0 unspecified atom stereocenters. The smallest absolute Gasteiger partial charge is 0.0113 e. The molecule has 0 saturated heterocycles. The zero-order chi connectivity index (χ0) is 7.97. The molecule has 0 aliphatic heterocycles. The Bertz CT molecular complexity index is 402. The van der Waals surface area contributed by atoms with Crippen molar-refractivity contribution in [1.82, 2.24) is 0 Å². The fraction of sp³-hybridized carbons (Fsp3) is 0.167. The summed E-state index contributed by atoms with van der Waals surface area (Å²) >= 11 is 0. The van der Waals surface area contributed by atoms with E-state index in [-0.39, 0.29) is 0 Å². The molecule has 2 aromatic carbocycles. The average molecular weight is 153 g/mol. The van der Waals surface area contributed by atoms with Crippen LogP contribution in [0.25, 0.3) is 10.8 Å². The Kier molecular flexibility index (Phi) is 1.09. The molecule has 0 fully saturated rings. The second-order valence-electron chi connectivity index (χ2n) is 3.34. The predicted octanol–water partition coefficient (Wildman–Crippen LogP) is 2.74. The van der Waals surface area contributed by atoms with Gasteiger partial charge in [0.25, 0.3) is 0 Å². The molecule has 0 amide bonds. The number of hydrogen-bond donors (Lipinski definition) is 0. The zero-order valence-electron chi connectivity index (χ0n) is 6.80. The van der Waals surface area contributed by atoms with Gasteiger partial charge in [-0.05, 0) is 40.8 Å². The second kappa shape index (κ2) is 2.10. The lowest BCUT2D eigenvalue weighted by atomic mass is 10.1. The van der Waals surface area contributed by atoms with Crippen LogP contribution in [0.15, 0.2) is 30.3 Å². The number of aryl methyl sites for hydroxylation is 2. The van der Waals surface area contributed by atoms with Crippen LogP contribution in [0.2, 0.25) is 0 Å². The van der Waals surface area contributed by atoms with Crippen molar-refractivity contribution in [2.75, 3.05) is 0 Å². The van der Waals surface area contributed by atoms with E-state index in [0.717, 1.165) is 0 Å². The minimum absolute atomic E-state index is 1.18. The van der Waals surface area contributed by atoms with E-state index < -0.39 is 0 Å². The standard InChI is InChI=1S/C12H9/c1-3-9-4-2-6-11-8-7-10(5-1)12(9)11/h1-5H,7-8H2. The lowest BCUT2D eigenvalue weighted by Crippen LogP contribution is -1.76. The van der Waals surface area contributed by atoms with Crippen LogP contribution in [-0.4, -0.2) is 0 Å². The van der Waals surface area contributed by atoms with Crippen molar-refractivity contribution in [2.45, 2.75) is 12.8 Å². The minimum Gasteiger partial charge on any atom is -0.0614 e. The lowest BCUT2D eigenvalue weighted by Gasteiger charge is -1.98. The Morgan fingerprint density at radius 1 is 1.08 bits per heavy atom. The molecule has 1 radical (unpaired) electrons. The first kappa shape index (κ1) is 6.24. The van der Waals surface area contributed by atoms with Crippen molar-refractivity contribution >= 4 is 10.8 Å². The average Bonchev–Trinajstić information content (AvgIpc) is 2.52. The van der Waals surface area contributed by atoms with Gasteiger partial charge in [0.15, 0.2) is 0 Å². The molecular weight excluding hydrogens is 144 g/mol. The van der Waals surface area contributed by atoms with Gasteiger partial charge >= 0.3 is 0 Å². The van der Waals surface area contributed by atoms with E-state index >= 15 is 0 Å². The van der Waals surface area contributed by atoms with Gasteiger partial charge < -0.3 is 0 Å². The maximum Gasteiger partial charge on any atom is -0.0113 e. The number of hydrogen-bond acceptors (Lipinski definition) is 0. The molecule has 12 heavy (non-hydrogen) atoms. The summed E-state index contributed by atoms with van der Waals surface area (Å²) in [4.78, 5) is 0. The van der Waals surface area contributed by atoms with Gasteiger partial charge in [0.1, 0.15) is 0 Å². The summed E-state index contributed by atoms with van der Waals surface area (Å²) in [6.45, 7) is 0. The molecule has 0 bridgehead atoms. The van der Waals surface area contributed by atoms with Gasteiger partial charge in [0, 0.05) is 0 Å². The van der Waals surface area contributed by atoms with Crippen LogP contribution >= 0.6 is 0 Å². The molecule has 0 nitrogen and oxygen atoms in total. The fourth-order valence-electron chi connectivity index (χ4n) is 2.10. The summed E-state index contributed by atoms with van der Waals surface area (Å²) < 4.78 is 0. The summed E-state index contributed by atoms with van der Waals surface area (Å²) in [5, 5.41) is 2.83. The number of rotatable bonds is 0. The largest absolute Gasteiger partial charge is 0.0614 e. The molecule has 2 aromatic rings. The fourth-order valence-corrected chi connectivity index (χ4v) is 2.10. The van der Waals surface area contributed by atoms with Gasteiger partial charge in [-0.2, -0.15) is 0 Å². The minimum atomic E-state index is 1.18. The molecular formula is C12H9. The molecule has 0 atom stereocenters. The van der Waals surface area contributed by atoms with Crippen LogP contribution in [0.5, 0.6) is 0 Å². The molecule has 57 valence electrons. The molecule has 0 N–H and O–H groups in total. The molecule has 1 aliphatic carbocycles. The Morgan fingerprint density at radius 2 is 2.08 bits per heavy atom. The topological polar surface area (TPSA) is 0 Å². The third-order valence-electron chi connectivity index (χ3n) is 2.65. The van der Waals surface area contributed by atoms with Crippen molar-refractivity contribution in [3.05, 3.63) is 47.5 Å². The van der Waals surface area contributed by atoms with Crippen LogP contribution in [0.4, 0.5) is 0 Å². The molecule has 3 rings (SSSR count). The maximum absolute atomic E-state index is 3.31. The highest BCUT2D eigenvalue weighted by Gasteiger charge is 2.12. The van der Waals surface area contributed by atoms with Gasteiger partial charge in [-0.15, -0.1) is 0 Å². The molecule has 0 saturated carbocycles. The van der Waals surface area contributed by atoms with E-state index in [9.17, 15) is 0 Å². The van der Waals surface area contributed by atoms with Crippen LogP contribution < -0.4 is 0 Å². The SMILES string of the molecule is [c]1ccc2cccc3c2c1CC3. The maximum atomic E-state index is 3.31. The Labute approximate surface area is 71.8 Å². The normalized spacial score (nSPS) is 14.0. The zero-order valence-corrected chi connectivity index (χ0v) is 6.80. The van der Waals surface area contributed by atoms with Crippen molar-refractivity contribution in [2.24, 2.45) is 0 Å². The van der Waals surface area contributed by atoms with E-state index in [4.69, 9.17) is 0 Å². The lowest BCUT2D eigenvalue weighted by molar-refractivity contribution is 1.02. The van der Waals surface area contributed by atoms with E-state index in [2.05, 4.69) is 30.3 Å². The van der Waals surface area contributed by atoms with Crippen LogP contribution in [0.1, 0.15) is 11.1 Å². The third-order valence-corrected chi connectivity index (χ3v) is 2.65. The molecule has 1 aliphatic rings. The van der Waals surface area contributed by atoms with Gasteiger partial charge in [-0.3, -0.25) is 0 Å². The van der Waals surface area contributed by atoms with Gasteiger partial charge in [-0.25, -0.2) is 0 Å². The summed E-state index contributed by atoms with van der Waals surface area (Å²) in [7, 11) is 0. The summed E-state index contributed by atoms with van der Waals surface area (Å²) in [6, 6.07) is 14.1. The Hall–Kier alpha value is -1.30. The highest BCUT2D eigenvalue weighted by atomic mass is 14.2. The monoisotopic (exact) mass is 153 g/mol. The first-order valence-corrected chi connectivity index (χ1v) is 4.36. The van der Waals surface area contributed by atoms with Crippen LogP contribution in [-0.2, 0) is 12.8 Å². The second-order valence-corrected chi connectivity index (χ2v) is 3.34. The number of benzene rings is 2. The van der Waals surface area contributed by atoms with Crippen molar-refractivity contribution in [3.63, 3.8) is 0 Å². The van der Waals surface area contributed by atoms with Crippen molar-refractivity contribution in [1.29, 1.82) is 0 Å². The Morgan fingerprint density at radius 3 is 3.08 bits per heavy atom. The van der Waals surface area contributed by atoms with E-state index in [1.807, 2.05) is 6.07 Å². The van der Waals surface area contributed by atoms with Crippen molar-refractivity contribution < 1.29 is 0 Å². The first-order chi connectivity index (χ1) is 5.95. The van der Waals surface area contributed by atoms with E-state index in [0.29, 0.717) is 0 Å². The predicted molar refractivity (Wildman–Crippen MR) is 50.2 cm³/mol. The Balaban J connectivity index is 2.58. The van der Waals surface area contributed by atoms with Gasteiger partial charge in [0.05, 0.1) is 0 Å². The van der Waals surface area contributed by atoms with Crippen LogP contribution in [0.3, 0.4) is 0 Å². The summed E-state index contributed by atoms with van der Waals surface area (Å²) in [5.74, 6) is 0. The van der Waals surface area contributed by atoms with Gasteiger partial charge in [-0.1, -0.05) is 30.3 Å². The highest BCUT2D eigenvalue weighted by Crippen LogP contribution is 2.29. The molecule has 0 spiro atoms. The summed E-state index contributed by atoms with van der Waals surface area (Å²) in [5.41, 5.74) is 2.91. The summed E-state index contributed by atoms with van der Waals surface area (Å²) in [6.07, 6.45) is 2.38.